The number of aliphatic hydroxyl groups is 1. The first kappa shape index (κ1) is 11.9. The van der Waals surface area contributed by atoms with Gasteiger partial charge in [0.05, 0.1) is 17.7 Å². The molecule has 1 aliphatic heterocycles. The molecule has 0 amide bonds. The molecule has 0 aromatic heterocycles. The highest BCUT2D eigenvalue weighted by molar-refractivity contribution is 5.50. The van der Waals surface area contributed by atoms with E-state index in [1.54, 1.807) is 0 Å². The zero-order chi connectivity index (χ0) is 12.5. The first-order chi connectivity index (χ1) is 8.03. The molecule has 90 valence electrons. The van der Waals surface area contributed by atoms with Gasteiger partial charge in [0.1, 0.15) is 0 Å². The number of hydrogen-bond acceptors (Lipinski definition) is 3. The Bertz CT molecular complexity index is 431. The number of hydrogen-bond donors (Lipinski definition) is 1. The molecular weight excluding hydrogens is 212 g/mol. The summed E-state index contributed by atoms with van der Waals surface area (Å²) in [7, 11) is 0. The standard InChI is InChI=1S/C14H18N2O/c1-14(2)7-8-16(10-13(14)17)12-5-3-11(9-15)4-6-12/h3-6,13,17H,7-8,10H2,1-2H3. The number of anilines is 1. The van der Waals surface area contributed by atoms with Gasteiger partial charge in [-0.1, -0.05) is 13.8 Å². The van der Waals surface area contributed by atoms with Crippen molar-refractivity contribution in [3.8, 4) is 6.07 Å². The van der Waals surface area contributed by atoms with Crippen LogP contribution in [-0.2, 0) is 0 Å². The SMILES string of the molecule is CC1(C)CCN(c2ccc(C#N)cc2)CC1O. The molecule has 1 aromatic rings. The van der Waals surface area contributed by atoms with Gasteiger partial charge in [0.25, 0.3) is 0 Å². The van der Waals surface area contributed by atoms with Gasteiger partial charge in [-0.25, -0.2) is 0 Å². The van der Waals surface area contributed by atoms with E-state index in [1.165, 1.54) is 0 Å². The molecular formula is C14H18N2O. The maximum absolute atomic E-state index is 10.1. The zero-order valence-corrected chi connectivity index (χ0v) is 10.3. The average molecular weight is 230 g/mol. The van der Waals surface area contributed by atoms with Gasteiger partial charge >= 0.3 is 0 Å². The lowest BCUT2D eigenvalue weighted by atomic mass is 9.80. The lowest BCUT2D eigenvalue weighted by molar-refractivity contribution is 0.0351. The summed E-state index contributed by atoms with van der Waals surface area (Å²) in [4.78, 5) is 2.18. The van der Waals surface area contributed by atoms with Crippen molar-refractivity contribution in [3.63, 3.8) is 0 Å². The van der Waals surface area contributed by atoms with E-state index in [9.17, 15) is 5.11 Å². The number of piperidine rings is 1. The summed E-state index contributed by atoms with van der Waals surface area (Å²) in [6.07, 6.45) is 0.681. The van der Waals surface area contributed by atoms with Crippen molar-refractivity contribution < 1.29 is 5.11 Å². The number of aliphatic hydroxyl groups excluding tert-OH is 1. The van der Waals surface area contributed by atoms with E-state index >= 15 is 0 Å². The zero-order valence-electron chi connectivity index (χ0n) is 10.3. The number of rotatable bonds is 1. The third kappa shape index (κ3) is 2.42. The summed E-state index contributed by atoms with van der Waals surface area (Å²) < 4.78 is 0. The number of nitrogens with zero attached hydrogens (tertiary/aromatic N) is 2. The molecule has 1 aromatic carbocycles. The molecule has 1 heterocycles. The molecule has 1 unspecified atom stereocenters. The molecule has 1 atom stereocenters. The molecule has 3 nitrogen and oxygen atoms in total. The minimum absolute atomic E-state index is 0.00307. The Labute approximate surface area is 102 Å². The van der Waals surface area contributed by atoms with Crippen LogP contribution in [0.2, 0.25) is 0 Å². The Hall–Kier alpha value is -1.53. The monoisotopic (exact) mass is 230 g/mol. The molecule has 1 N–H and O–H groups in total. The Balaban J connectivity index is 2.12. The van der Waals surface area contributed by atoms with E-state index in [-0.39, 0.29) is 11.5 Å². The fourth-order valence-electron chi connectivity index (χ4n) is 2.12. The number of nitriles is 1. The Morgan fingerprint density at radius 1 is 1.35 bits per heavy atom. The maximum Gasteiger partial charge on any atom is 0.0991 e. The van der Waals surface area contributed by atoms with Gasteiger partial charge in [-0.2, -0.15) is 5.26 Å². The fourth-order valence-corrected chi connectivity index (χ4v) is 2.12. The summed E-state index contributed by atoms with van der Waals surface area (Å²) in [5.41, 5.74) is 1.76. The molecule has 3 heteroatoms. The second kappa shape index (κ2) is 4.38. The van der Waals surface area contributed by atoms with Gasteiger partial charge in [-0.05, 0) is 36.1 Å². The predicted molar refractivity (Wildman–Crippen MR) is 67.8 cm³/mol. The minimum atomic E-state index is -0.299. The summed E-state index contributed by atoms with van der Waals surface area (Å²) in [5, 5.41) is 18.8. The van der Waals surface area contributed by atoms with E-state index in [0.29, 0.717) is 12.1 Å². The van der Waals surface area contributed by atoms with Crippen LogP contribution < -0.4 is 4.90 Å². The molecule has 1 saturated heterocycles. The molecule has 1 aliphatic rings. The van der Waals surface area contributed by atoms with Gasteiger partial charge in [-0.3, -0.25) is 0 Å². The van der Waals surface area contributed by atoms with Crippen molar-refractivity contribution in [1.29, 1.82) is 5.26 Å². The van der Waals surface area contributed by atoms with Crippen LogP contribution in [0.4, 0.5) is 5.69 Å². The van der Waals surface area contributed by atoms with E-state index in [0.717, 1.165) is 18.7 Å². The predicted octanol–water partition coefficient (Wildman–Crippen LogP) is 2.16. The Morgan fingerprint density at radius 2 is 2.00 bits per heavy atom. The topological polar surface area (TPSA) is 47.3 Å². The van der Waals surface area contributed by atoms with Gasteiger partial charge in [-0.15, -0.1) is 0 Å². The molecule has 17 heavy (non-hydrogen) atoms. The highest BCUT2D eigenvalue weighted by atomic mass is 16.3. The third-order valence-electron chi connectivity index (χ3n) is 3.68. The van der Waals surface area contributed by atoms with Crippen LogP contribution in [0.15, 0.2) is 24.3 Å². The average Bonchev–Trinajstić information content (AvgIpc) is 2.33. The van der Waals surface area contributed by atoms with Gasteiger partial charge in [0.15, 0.2) is 0 Å². The summed E-state index contributed by atoms with van der Waals surface area (Å²) in [6, 6.07) is 9.65. The largest absolute Gasteiger partial charge is 0.391 e. The van der Waals surface area contributed by atoms with Crippen LogP contribution in [0, 0.1) is 16.7 Å². The molecule has 0 radical (unpaired) electrons. The van der Waals surface area contributed by atoms with Crippen LogP contribution >= 0.6 is 0 Å². The van der Waals surface area contributed by atoms with Crippen LogP contribution in [0.1, 0.15) is 25.8 Å². The molecule has 2 rings (SSSR count). The highest BCUT2D eigenvalue weighted by Crippen LogP contribution is 2.32. The van der Waals surface area contributed by atoms with Crippen molar-refractivity contribution >= 4 is 5.69 Å². The minimum Gasteiger partial charge on any atom is -0.391 e. The van der Waals surface area contributed by atoms with Gasteiger partial charge < -0.3 is 10.0 Å². The van der Waals surface area contributed by atoms with Crippen LogP contribution in [0.5, 0.6) is 0 Å². The van der Waals surface area contributed by atoms with Crippen LogP contribution in [0.25, 0.3) is 0 Å². The first-order valence-corrected chi connectivity index (χ1v) is 5.96. The van der Waals surface area contributed by atoms with Crippen molar-refractivity contribution in [2.45, 2.75) is 26.4 Å². The lowest BCUT2D eigenvalue weighted by Crippen LogP contribution is -2.48. The number of benzene rings is 1. The highest BCUT2D eigenvalue weighted by Gasteiger charge is 2.34. The quantitative estimate of drug-likeness (QED) is 0.804. The van der Waals surface area contributed by atoms with E-state index in [1.807, 2.05) is 24.3 Å². The van der Waals surface area contributed by atoms with Crippen molar-refractivity contribution in [1.82, 2.24) is 0 Å². The Morgan fingerprint density at radius 3 is 2.53 bits per heavy atom. The van der Waals surface area contributed by atoms with E-state index < -0.39 is 0 Å². The molecule has 0 saturated carbocycles. The first-order valence-electron chi connectivity index (χ1n) is 5.96. The molecule has 0 bridgehead atoms. The van der Waals surface area contributed by atoms with E-state index in [2.05, 4.69) is 24.8 Å². The van der Waals surface area contributed by atoms with Crippen molar-refractivity contribution in [2.75, 3.05) is 18.0 Å². The van der Waals surface area contributed by atoms with E-state index in [4.69, 9.17) is 5.26 Å². The molecule has 0 spiro atoms. The number of β-amino-alcohol motifs (C(OH)–C–C–N with tert-alkyl or cyclic N) is 1. The summed E-state index contributed by atoms with van der Waals surface area (Å²) in [5.74, 6) is 0. The lowest BCUT2D eigenvalue weighted by Gasteiger charge is -2.42. The maximum atomic E-state index is 10.1. The van der Waals surface area contributed by atoms with Crippen LogP contribution in [-0.4, -0.2) is 24.3 Å². The fraction of sp³-hybridized carbons (Fsp3) is 0.500. The third-order valence-corrected chi connectivity index (χ3v) is 3.68. The smallest absolute Gasteiger partial charge is 0.0991 e. The Kier molecular flexibility index (Phi) is 3.08. The molecule has 1 fully saturated rings. The van der Waals surface area contributed by atoms with Crippen molar-refractivity contribution in [3.05, 3.63) is 29.8 Å². The second-order valence-electron chi connectivity index (χ2n) is 5.36. The van der Waals surface area contributed by atoms with Gasteiger partial charge in [0, 0.05) is 18.8 Å². The summed E-state index contributed by atoms with van der Waals surface area (Å²) in [6.45, 7) is 5.83. The van der Waals surface area contributed by atoms with Crippen LogP contribution in [0.3, 0.4) is 0 Å². The normalized spacial score (nSPS) is 23.2. The van der Waals surface area contributed by atoms with Gasteiger partial charge in [0.2, 0.25) is 0 Å². The second-order valence-corrected chi connectivity index (χ2v) is 5.36. The van der Waals surface area contributed by atoms with Crippen molar-refractivity contribution in [2.24, 2.45) is 5.41 Å². The molecule has 0 aliphatic carbocycles. The summed E-state index contributed by atoms with van der Waals surface area (Å²) >= 11 is 0.